The third-order valence-corrected chi connectivity index (χ3v) is 5.68. The van der Waals surface area contributed by atoms with Crippen LogP contribution >= 0.6 is 11.6 Å². The van der Waals surface area contributed by atoms with Crippen LogP contribution < -0.4 is 4.90 Å². The molecule has 4 aromatic heterocycles. The molecule has 0 amide bonds. The number of pyridine rings is 3. The number of halogens is 4. The Hall–Kier alpha value is -3.85. The summed E-state index contributed by atoms with van der Waals surface area (Å²) in [5.74, 6) is 0.0521. The molecule has 0 radical (unpaired) electrons. The standard InChI is InChI=1S/C24H16ClF3N6/c1-34(23-21-19(31-13-32-23)5-3-9-30-21)22(24(26,27)28)17-11-15-10-16(25)6-7-18(15)33-20(17)14-4-2-8-29-12-14/h2-13,22H,1H3/t22-/m1/s1. The SMILES string of the molecule is CN(c1ncnc2cccnc12)[C@H](c1cc2cc(Cl)ccc2nc1-c1cccnc1)C(F)(F)F. The van der Waals surface area contributed by atoms with E-state index in [0.29, 0.717) is 27.0 Å². The van der Waals surface area contributed by atoms with Crippen molar-refractivity contribution in [1.82, 2.24) is 24.9 Å². The second-order valence-electron chi connectivity index (χ2n) is 7.63. The van der Waals surface area contributed by atoms with Gasteiger partial charge in [0.05, 0.1) is 16.7 Å². The van der Waals surface area contributed by atoms with Gasteiger partial charge in [-0.2, -0.15) is 13.2 Å². The second-order valence-corrected chi connectivity index (χ2v) is 8.06. The Balaban J connectivity index is 1.78. The van der Waals surface area contributed by atoms with Gasteiger partial charge in [0.15, 0.2) is 11.9 Å². The minimum absolute atomic E-state index is 0.0521. The Morgan fingerprint density at radius 3 is 2.53 bits per heavy atom. The predicted octanol–water partition coefficient (Wildman–Crippen LogP) is 6.03. The van der Waals surface area contributed by atoms with Crippen molar-refractivity contribution in [3.05, 3.63) is 84.0 Å². The maximum atomic E-state index is 14.7. The summed E-state index contributed by atoms with van der Waals surface area (Å²) in [6, 6.07) is 11.0. The highest BCUT2D eigenvalue weighted by Crippen LogP contribution is 2.44. The van der Waals surface area contributed by atoms with Crippen LogP contribution in [-0.4, -0.2) is 38.1 Å². The lowest BCUT2D eigenvalue weighted by molar-refractivity contribution is -0.149. The summed E-state index contributed by atoms with van der Waals surface area (Å²) in [5.41, 5.74) is 1.80. The molecule has 1 aromatic carbocycles. The van der Waals surface area contributed by atoms with E-state index in [1.807, 2.05) is 0 Å². The van der Waals surface area contributed by atoms with Crippen LogP contribution in [0, 0.1) is 0 Å². The summed E-state index contributed by atoms with van der Waals surface area (Å²) >= 11 is 6.13. The van der Waals surface area contributed by atoms with Crippen molar-refractivity contribution in [2.45, 2.75) is 12.2 Å². The molecule has 0 saturated carbocycles. The maximum absolute atomic E-state index is 14.7. The van der Waals surface area contributed by atoms with Gasteiger partial charge in [0.25, 0.3) is 0 Å². The smallest absolute Gasteiger partial charge is 0.342 e. The van der Waals surface area contributed by atoms with E-state index < -0.39 is 12.2 Å². The van der Waals surface area contributed by atoms with Crippen molar-refractivity contribution in [2.24, 2.45) is 0 Å². The normalized spacial score (nSPS) is 12.7. The fourth-order valence-electron chi connectivity index (χ4n) is 3.97. The lowest BCUT2D eigenvalue weighted by Gasteiger charge is -2.32. The molecule has 0 aliphatic heterocycles. The monoisotopic (exact) mass is 480 g/mol. The molecule has 10 heteroatoms. The molecule has 5 rings (SSSR count). The van der Waals surface area contributed by atoms with Crippen LogP contribution in [-0.2, 0) is 0 Å². The molecule has 0 bridgehead atoms. The van der Waals surface area contributed by atoms with Gasteiger partial charge >= 0.3 is 6.18 Å². The average molecular weight is 481 g/mol. The fraction of sp³-hybridized carbons (Fsp3) is 0.125. The quantitative estimate of drug-likeness (QED) is 0.313. The van der Waals surface area contributed by atoms with Crippen molar-refractivity contribution >= 4 is 39.4 Å². The van der Waals surface area contributed by atoms with E-state index in [4.69, 9.17) is 11.6 Å². The molecule has 6 nitrogen and oxygen atoms in total. The molecule has 0 N–H and O–H groups in total. The van der Waals surface area contributed by atoms with Gasteiger partial charge in [-0.15, -0.1) is 0 Å². The van der Waals surface area contributed by atoms with E-state index in [1.165, 1.54) is 31.8 Å². The average Bonchev–Trinajstić information content (AvgIpc) is 2.83. The Morgan fingerprint density at radius 2 is 1.76 bits per heavy atom. The van der Waals surface area contributed by atoms with Gasteiger partial charge in [0.2, 0.25) is 0 Å². The number of anilines is 1. The molecule has 1 atom stereocenters. The van der Waals surface area contributed by atoms with Crippen LogP contribution in [0.2, 0.25) is 5.02 Å². The number of aromatic nitrogens is 5. The van der Waals surface area contributed by atoms with Crippen LogP contribution in [0.4, 0.5) is 19.0 Å². The summed E-state index contributed by atoms with van der Waals surface area (Å²) in [5, 5.41) is 0.890. The molecule has 5 aromatic rings. The number of fused-ring (bicyclic) bond motifs is 2. The van der Waals surface area contributed by atoms with Gasteiger partial charge in [-0.25, -0.2) is 15.0 Å². The van der Waals surface area contributed by atoms with Crippen molar-refractivity contribution in [3.63, 3.8) is 0 Å². The molecule has 34 heavy (non-hydrogen) atoms. The third kappa shape index (κ3) is 3.99. The molecular weight excluding hydrogens is 465 g/mol. The highest BCUT2D eigenvalue weighted by molar-refractivity contribution is 6.31. The second kappa shape index (κ2) is 8.49. The zero-order valence-electron chi connectivity index (χ0n) is 17.7. The Morgan fingerprint density at radius 1 is 0.941 bits per heavy atom. The van der Waals surface area contributed by atoms with Crippen molar-refractivity contribution < 1.29 is 13.2 Å². The number of hydrogen-bond acceptors (Lipinski definition) is 6. The van der Waals surface area contributed by atoms with Crippen LogP contribution in [0.3, 0.4) is 0 Å². The lowest BCUT2D eigenvalue weighted by atomic mass is 9.97. The molecule has 0 saturated heterocycles. The minimum atomic E-state index is -4.67. The lowest BCUT2D eigenvalue weighted by Crippen LogP contribution is -2.37. The van der Waals surface area contributed by atoms with Crippen LogP contribution in [0.25, 0.3) is 33.2 Å². The van der Waals surface area contributed by atoms with Crippen LogP contribution in [0.5, 0.6) is 0 Å². The first-order valence-electron chi connectivity index (χ1n) is 10.2. The Kier molecular flexibility index (Phi) is 5.49. The fourth-order valence-corrected chi connectivity index (χ4v) is 4.15. The van der Waals surface area contributed by atoms with E-state index in [2.05, 4.69) is 24.9 Å². The Labute approximate surface area is 197 Å². The van der Waals surface area contributed by atoms with Gasteiger partial charge in [-0.3, -0.25) is 9.97 Å². The van der Waals surface area contributed by atoms with E-state index in [0.717, 1.165) is 4.90 Å². The maximum Gasteiger partial charge on any atom is 0.413 e. The summed E-state index contributed by atoms with van der Waals surface area (Å²) in [7, 11) is 1.34. The molecule has 0 aliphatic carbocycles. The van der Waals surface area contributed by atoms with Crippen LogP contribution in [0.1, 0.15) is 11.6 Å². The first-order valence-corrected chi connectivity index (χ1v) is 10.6. The highest BCUT2D eigenvalue weighted by atomic mass is 35.5. The van der Waals surface area contributed by atoms with Crippen LogP contribution in [0.15, 0.2) is 73.4 Å². The number of alkyl halides is 3. The van der Waals surface area contributed by atoms with E-state index in [1.54, 1.807) is 48.7 Å². The topological polar surface area (TPSA) is 67.7 Å². The molecule has 170 valence electrons. The number of nitrogens with zero attached hydrogens (tertiary/aromatic N) is 6. The van der Waals surface area contributed by atoms with E-state index >= 15 is 0 Å². The van der Waals surface area contributed by atoms with Gasteiger partial charge in [0.1, 0.15) is 11.8 Å². The van der Waals surface area contributed by atoms with Crippen molar-refractivity contribution in [3.8, 4) is 11.3 Å². The number of rotatable bonds is 4. The number of hydrogen-bond donors (Lipinski definition) is 0. The summed E-state index contributed by atoms with van der Waals surface area (Å²) in [6.45, 7) is 0. The Bertz CT molecular complexity index is 1490. The zero-order chi connectivity index (χ0) is 23.9. The van der Waals surface area contributed by atoms with Crippen molar-refractivity contribution in [2.75, 3.05) is 11.9 Å². The number of benzene rings is 1. The molecule has 0 spiro atoms. The van der Waals surface area contributed by atoms with E-state index in [-0.39, 0.29) is 22.6 Å². The minimum Gasteiger partial charge on any atom is -0.342 e. The van der Waals surface area contributed by atoms with Gasteiger partial charge in [0, 0.05) is 47.2 Å². The highest BCUT2D eigenvalue weighted by Gasteiger charge is 2.46. The largest absolute Gasteiger partial charge is 0.413 e. The summed E-state index contributed by atoms with van der Waals surface area (Å²) in [4.78, 5) is 22.2. The summed E-state index contributed by atoms with van der Waals surface area (Å²) in [6.07, 6.45) is 1.08. The first kappa shape index (κ1) is 22.0. The van der Waals surface area contributed by atoms with Gasteiger partial charge < -0.3 is 4.90 Å². The molecule has 4 heterocycles. The zero-order valence-corrected chi connectivity index (χ0v) is 18.5. The van der Waals surface area contributed by atoms with Gasteiger partial charge in [-0.05, 0) is 48.5 Å². The van der Waals surface area contributed by atoms with Gasteiger partial charge in [-0.1, -0.05) is 11.6 Å². The van der Waals surface area contributed by atoms with E-state index in [9.17, 15) is 13.2 Å². The molecule has 0 fully saturated rings. The van der Waals surface area contributed by atoms with Crippen molar-refractivity contribution in [1.29, 1.82) is 0 Å². The summed E-state index contributed by atoms with van der Waals surface area (Å²) < 4.78 is 44.2. The molecular formula is C24H16ClF3N6. The predicted molar refractivity (Wildman–Crippen MR) is 125 cm³/mol. The first-order chi connectivity index (χ1) is 16.3. The molecule has 0 unspecified atom stereocenters. The molecule has 0 aliphatic rings. The third-order valence-electron chi connectivity index (χ3n) is 5.44.